The minimum absolute atomic E-state index is 0.0645. The number of hydrogen-bond donors (Lipinski definition) is 1. The van der Waals surface area contributed by atoms with Crippen molar-refractivity contribution in [2.24, 2.45) is 0 Å². The molecule has 2 N–H and O–H groups in total. The number of rotatable bonds is 11. The van der Waals surface area contributed by atoms with Crippen molar-refractivity contribution < 1.29 is 47.5 Å². The Bertz CT molecular complexity index is 1430. The molecule has 0 unspecified atom stereocenters. The summed E-state index contributed by atoms with van der Waals surface area (Å²) in [6.45, 7) is 15.0. The summed E-state index contributed by atoms with van der Waals surface area (Å²) in [5, 5.41) is 14.9. The molecule has 1 aliphatic rings. The predicted molar refractivity (Wildman–Crippen MR) is 158 cm³/mol. The lowest BCUT2D eigenvalue weighted by Crippen LogP contribution is -2.47. The molecule has 0 bridgehead atoms. The van der Waals surface area contributed by atoms with Gasteiger partial charge in [0, 0.05) is 0 Å². The zero-order chi connectivity index (χ0) is 33.8. The van der Waals surface area contributed by atoms with Gasteiger partial charge in [0.05, 0.1) is 5.69 Å². The van der Waals surface area contributed by atoms with Crippen LogP contribution in [0.3, 0.4) is 0 Å². The first kappa shape index (κ1) is 35.2. The Labute approximate surface area is 262 Å². The standard InChI is InChI=1S/C30H43N5O10/c1-10-27(4,5)43-24(36)39-15-19-21(40-25(37)44-28(6,7)11-2)22(41-26(38)45-29(8,9)12-3)30(16-31,42-19)20-14-13-18-23(32)33-17-34-35(18)20/h13-14,17,19,21-22H,10-12,15H2,1-9H3,(H2,32,33,34)/t19-,21-,22-,30+/m1/s1. The van der Waals surface area contributed by atoms with Crippen LogP contribution in [0.5, 0.6) is 0 Å². The molecule has 3 heterocycles. The number of anilines is 1. The average molecular weight is 634 g/mol. The van der Waals surface area contributed by atoms with Crippen molar-refractivity contribution in [3.8, 4) is 6.07 Å². The second-order valence-corrected chi connectivity index (χ2v) is 12.5. The van der Waals surface area contributed by atoms with Crippen molar-refractivity contribution in [1.82, 2.24) is 14.6 Å². The van der Waals surface area contributed by atoms with Crippen LogP contribution in [-0.2, 0) is 38.8 Å². The van der Waals surface area contributed by atoms with Gasteiger partial charge in [0.15, 0.2) is 18.0 Å². The van der Waals surface area contributed by atoms with Crippen molar-refractivity contribution in [1.29, 1.82) is 5.26 Å². The number of fused-ring (bicyclic) bond motifs is 1. The van der Waals surface area contributed by atoms with Crippen LogP contribution >= 0.6 is 0 Å². The fraction of sp³-hybridized carbons (Fsp3) is 0.667. The number of nitrogens with two attached hydrogens (primary N) is 1. The maximum atomic E-state index is 13.2. The number of nitrogen functional groups attached to an aromatic ring is 1. The Morgan fingerprint density at radius 2 is 1.47 bits per heavy atom. The summed E-state index contributed by atoms with van der Waals surface area (Å²) in [6, 6.07) is 5.10. The van der Waals surface area contributed by atoms with Crippen LogP contribution in [0.15, 0.2) is 18.5 Å². The molecule has 1 saturated heterocycles. The van der Waals surface area contributed by atoms with Gasteiger partial charge < -0.3 is 38.9 Å². The maximum Gasteiger partial charge on any atom is 0.509 e. The molecule has 2 aromatic heterocycles. The molecule has 15 heteroatoms. The van der Waals surface area contributed by atoms with Gasteiger partial charge in [-0.1, -0.05) is 20.8 Å². The summed E-state index contributed by atoms with van der Waals surface area (Å²) in [4.78, 5) is 42.9. The second-order valence-electron chi connectivity index (χ2n) is 12.5. The van der Waals surface area contributed by atoms with Gasteiger partial charge in [-0.25, -0.2) is 23.9 Å². The molecule has 3 rings (SSSR count). The SMILES string of the molecule is CCC(C)(C)OC(=O)OC[C@H]1O[C@@](C#N)(c2ccc3c(N)ncnn23)[C@H](OC(=O)OC(C)(C)CC)[C@@H]1OC(=O)OC(C)(C)CC. The van der Waals surface area contributed by atoms with Crippen molar-refractivity contribution in [2.45, 2.75) is 122 Å². The van der Waals surface area contributed by atoms with Gasteiger partial charge in [-0.3, -0.25) is 0 Å². The van der Waals surface area contributed by atoms with E-state index >= 15 is 0 Å². The summed E-state index contributed by atoms with van der Waals surface area (Å²) in [6.07, 6.45) is -5.33. The van der Waals surface area contributed by atoms with Crippen LogP contribution in [0.25, 0.3) is 5.52 Å². The highest BCUT2D eigenvalue weighted by molar-refractivity contribution is 5.67. The summed E-state index contributed by atoms with van der Waals surface area (Å²) in [7, 11) is 0. The molecule has 0 amide bonds. The van der Waals surface area contributed by atoms with Crippen LogP contribution in [-0.4, -0.2) is 74.8 Å². The molecule has 0 spiro atoms. The van der Waals surface area contributed by atoms with E-state index in [9.17, 15) is 19.6 Å². The lowest BCUT2D eigenvalue weighted by molar-refractivity contribution is -0.0959. The molecule has 2 aromatic rings. The van der Waals surface area contributed by atoms with Crippen molar-refractivity contribution in [3.05, 3.63) is 24.2 Å². The molecular formula is C30H43N5O10. The lowest BCUT2D eigenvalue weighted by atomic mass is 9.92. The van der Waals surface area contributed by atoms with Crippen molar-refractivity contribution in [2.75, 3.05) is 12.3 Å². The van der Waals surface area contributed by atoms with Crippen molar-refractivity contribution >= 4 is 29.8 Å². The van der Waals surface area contributed by atoms with E-state index in [0.29, 0.717) is 24.8 Å². The number of hydrogen-bond acceptors (Lipinski definition) is 14. The number of nitrogens with zero attached hydrogens (tertiary/aromatic N) is 4. The zero-order valence-electron chi connectivity index (χ0n) is 27.2. The average Bonchev–Trinajstić information content (AvgIpc) is 3.52. The number of aromatic nitrogens is 3. The quantitative estimate of drug-likeness (QED) is 0.250. The Balaban J connectivity index is 2.12. The summed E-state index contributed by atoms with van der Waals surface area (Å²) in [5.41, 5.74) is 1.55. The molecular weight excluding hydrogens is 590 g/mol. The minimum atomic E-state index is -2.19. The fourth-order valence-electron chi connectivity index (χ4n) is 4.14. The van der Waals surface area contributed by atoms with Crippen LogP contribution < -0.4 is 5.73 Å². The normalized spacial score (nSPS) is 21.9. The molecule has 248 valence electrons. The largest absolute Gasteiger partial charge is 0.509 e. The maximum absolute atomic E-state index is 13.2. The van der Waals surface area contributed by atoms with Gasteiger partial charge in [0.25, 0.3) is 0 Å². The van der Waals surface area contributed by atoms with Gasteiger partial charge in [0.2, 0.25) is 5.60 Å². The Kier molecular flexibility index (Phi) is 10.4. The van der Waals surface area contributed by atoms with Gasteiger partial charge in [-0.05, 0) is 72.9 Å². The lowest BCUT2D eigenvalue weighted by Gasteiger charge is -2.30. The Morgan fingerprint density at radius 1 is 0.933 bits per heavy atom. The third-order valence-corrected chi connectivity index (χ3v) is 7.89. The summed E-state index contributed by atoms with van der Waals surface area (Å²) in [5.74, 6) is 0.100. The smallest absolute Gasteiger partial charge is 0.431 e. The van der Waals surface area contributed by atoms with E-state index in [2.05, 4.69) is 16.2 Å². The molecule has 1 aliphatic heterocycles. The Hall–Kier alpha value is -4.32. The van der Waals surface area contributed by atoms with Gasteiger partial charge in [0.1, 0.15) is 47.4 Å². The Morgan fingerprint density at radius 3 is 2.00 bits per heavy atom. The van der Waals surface area contributed by atoms with Crippen LogP contribution in [0, 0.1) is 11.3 Å². The molecule has 0 aromatic carbocycles. The highest BCUT2D eigenvalue weighted by Crippen LogP contribution is 2.44. The second kappa shape index (κ2) is 13.4. The van der Waals surface area contributed by atoms with E-state index in [1.165, 1.54) is 16.9 Å². The molecule has 1 fully saturated rings. The molecule has 4 atom stereocenters. The van der Waals surface area contributed by atoms with Gasteiger partial charge >= 0.3 is 18.5 Å². The monoisotopic (exact) mass is 633 g/mol. The minimum Gasteiger partial charge on any atom is -0.431 e. The third-order valence-electron chi connectivity index (χ3n) is 7.89. The molecule has 15 nitrogen and oxygen atoms in total. The summed E-state index contributed by atoms with van der Waals surface area (Å²) >= 11 is 0. The predicted octanol–water partition coefficient (Wildman–Crippen LogP) is 5.19. The number of nitriles is 1. The van der Waals surface area contributed by atoms with E-state index in [1.54, 1.807) is 47.6 Å². The van der Waals surface area contributed by atoms with E-state index in [0.717, 1.165) is 0 Å². The topological polar surface area (TPSA) is 196 Å². The summed E-state index contributed by atoms with van der Waals surface area (Å²) < 4.78 is 40.7. The van der Waals surface area contributed by atoms with Gasteiger partial charge in [-0.2, -0.15) is 10.4 Å². The first-order valence-corrected chi connectivity index (χ1v) is 14.8. The molecule has 0 saturated carbocycles. The van der Waals surface area contributed by atoms with Crippen LogP contribution in [0.4, 0.5) is 20.2 Å². The van der Waals surface area contributed by atoms with Gasteiger partial charge in [-0.15, -0.1) is 0 Å². The number of ether oxygens (including phenoxy) is 7. The molecule has 0 radical (unpaired) electrons. The highest BCUT2D eigenvalue weighted by Gasteiger charge is 2.63. The zero-order valence-corrected chi connectivity index (χ0v) is 27.2. The molecule has 45 heavy (non-hydrogen) atoms. The first-order valence-electron chi connectivity index (χ1n) is 14.8. The third kappa shape index (κ3) is 8.05. The number of carbonyl (C=O) groups is 3. The first-order chi connectivity index (χ1) is 20.9. The fourth-order valence-corrected chi connectivity index (χ4v) is 4.14. The van der Waals surface area contributed by atoms with E-state index in [1.807, 2.05) is 20.8 Å². The van der Waals surface area contributed by atoms with E-state index in [-0.39, 0.29) is 11.5 Å². The van der Waals surface area contributed by atoms with Crippen molar-refractivity contribution in [3.63, 3.8) is 0 Å². The van der Waals surface area contributed by atoms with Crippen LogP contribution in [0.1, 0.15) is 87.3 Å². The van der Waals surface area contributed by atoms with E-state index < -0.39 is 65.8 Å². The van der Waals surface area contributed by atoms with E-state index in [4.69, 9.17) is 38.9 Å². The van der Waals surface area contributed by atoms with Crippen LogP contribution in [0.2, 0.25) is 0 Å². The number of carbonyl (C=O) groups excluding carboxylic acids is 3. The highest BCUT2D eigenvalue weighted by atomic mass is 16.8. The molecule has 0 aliphatic carbocycles.